The highest BCUT2D eigenvalue weighted by Gasteiger charge is 2.31. The number of esters is 1. The molecule has 1 aromatic carbocycles. The van der Waals surface area contributed by atoms with E-state index < -0.39 is 11.7 Å². The number of hydrogen-bond donors (Lipinski definition) is 1. The number of ether oxygens (including phenoxy) is 1. The SMILES string of the molecule is COC(=O)[C@@H](NCc1cc(=O)oc2cc(C)ccc12)C(C)(C)C. The molecule has 0 amide bonds. The third kappa shape index (κ3) is 3.99. The zero-order valence-corrected chi connectivity index (χ0v) is 14.2. The van der Waals surface area contributed by atoms with Crippen molar-refractivity contribution < 1.29 is 13.9 Å². The van der Waals surface area contributed by atoms with Crippen LogP contribution in [0.1, 0.15) is 31.9 Å². The molecule has 5 nitrogen and oxygen atoms in total. The van der Waals surface area contributed by atoms with Crippen molar-refractivity contribution in [1.82, 2.24) is 5.32 Å². The van der Waals surface area contributed by atoms with E-state index in [1.165, 1.54) is 13.2 Å². The van der Waals surface area contributed by atoms with Gasteiger partial charge in [0.05, 0.1) is 7.11 Å². The van der Waals surface area contributed by atoms with E-state index in [9.17, 15) is 9.59 Å². The summed E-state index contributed by atoms with van der Waals surface area (Å²) in [5, 5.41) is 4.07. The molecule has 1 aromatic heterocycles. The third-order valence-corrected chi connectivity index (χ3v) is 3.79. The van der Waals surface area contributed by atoms with Crippen LogP contribution in [-0.2, 0) is 16.1 Å². The number of rotatable bonds is 4. The van der Waals surface area contributed by atoms with Crippen LogP contribution in [0.15, 0.2) is 33.5 Å². The third-order valence-electron chi connectivity index (χ3n) is 3.79. The minimum absolute atomic E-state index is 0.307. The molecule has 0 radical (unpaired) electrons. The standard InChI is InChI=1S/C18H23NO4/c1-11-6-7-13-12(9-15(20)23-14(13)8-11)10-19-16(17(21)22-5)18(2,3)4/h6-9,16,19H,10H2,1-5H3/t16-/m1/s1. The van der Waals surface area contributed by atoms with Gasteiger partial charge in [-0.15, -0.1) is 0 Å². The summed E-state index contributed by atoms with van der Waals surface area (Å²) in [5.74, 6) is -0.319. The van der Waals surface area contributed by atoms with Crippen molar-refractivity contribution in [2.45, 2.75) is 40.3 Å². The highest BCUT2D eigenvalue weighted by molar-refractivity contribution is 5.81. The normalized spacial score (nSPS) is 13.1. The summed E-state index contributed by atoms with van der Waals surface area (Å²) in [4.78, 5) is 23.8. The summed E-state index contributed by atoms with van der Waals surface area (Å²) >= 11 is 0. The first kappa shape index (κ1) is 17.2. The van der Waals surface area contributed by atoms with Gasteiger partial charge in [0.2, 0.25) is 0 Å². The van der Waals surface area contributed by atoms with Crippen LogP contribution >= 0.6 is 0 Å². The van der Waals surface area contributed by atoms with Gasteiger partial charge in [-0.25, -0.2) is 4.79 Å². The summed E-state index contributed by atoms with van der Waals surface area (Å²) in [6, 6.07) is 6.71. The average Bonchev–Trinajstić information content (AvgIpc) is 2.44. The summed E-state index contributed by atoms with van der Waals surface area (Å²) in [5.41, 5.74) is 1.67. The van der Waals surface area contributed by atoms with Crippen molar-refractivity contribution in [3.8, 4) is 0 Å². The Balaban J connectivity index is 2.34. The predicted molar refractivity (Wildman–Crippen MR) is 89.3 cm³/mol. The predicted octanol–water partition coefficient (Wildman–Crippen LogP) is 2.78. The Hall–Kier alpha value is -2.14. The Morgan fingerprint density at radius 3 is 2.61 bits per heavy atom. The van der Waals surface area contributed by atoms with Gasteiger partial charge < -0.3 is 9.15 Å². The fraction of sp³-hybridized carbons (Fsp3) is 0.444. The molecule has 0 fully saturated rings. The molecule has 0 aliphatic carbocycles. The van der Waals surface area contributed by atoms with Crippen LogP contribution in [0.4, 0.5) is 0 Å². The lowest BCUT2D eigenvalue weighted by molar-refractivity contribution is -0.146. The van der Waals surface area contributed by atoms with Gasteiger partial charge in [-0.2, -0.15) is 0 Å². The van der Waals surface area contributed by atoms with Crippen molar-refractivity contribution in [3.63, 3.8) is 0 Å². The lowest BCUT2D eigenvalue weighted by atomic mass is 9.86. The first-order chi connectivity index (χ1) is 10.7. The van der Waals surface area contributed by atoms with Crippen molar-refractivity contribution in [2.24, 2.45) is 5.41 Å². The van der Waals surface area contributed by atoms with Gasteiger partial charge in [0.1, 0.15) is 11.6 Å². The maximum Gasteiger partial charge on any atom is 0.336 e. The molecule has 2 aromatic rings. The Morgan fingerprint density at radius 2 is 2.00 bits per heavy atom. The molecule has 5 heteroatoms. The van der Waals surface area contributed by atoms with E-state index in [0.717, 1.165) is 16.5 Å². The number of aryl methyl sites for hydroxylation is 1. The average molecular weight is 317 g/mol. The van der Waals surface area contributed by atoms with Crippen molar-refractivity contribution in [1.29, 1.82) is 0 Å². The zero-order chi connectivity index (χ0) is 17.2. The molecule has 0 saturated carbocycles. The van der Waals surface area contributed by atoms with E-state index in [0.29, 0.717) is 12.1 Å². The van der Waals surface area contributed by atoms with Crippen LogP contribution < -0.4 is 10.9 Å². The first-order valence-corrected chi connectivity index (χ1v) is 7.57. The van der Waals surface area contributed by atoms with Crippen LogP contribution in [0.3, 0.4) is 0 Å². The lowest BCUT2D eigenvalue weighted by Gasteiger charge is -2.29. The molecule has 1 atom stereocenters. The van der Waals surface area contributed by atoms with E-state index in [4.69, 9.17) is 9.15 Å². The minimum atomic E-state index is -0.472. The summed E-state index contributed by atoms with van der Waals surface area (Å²) < 4.78 is 10.1. The summed E-state index contributed by atoms with van der Waals surface area (Å²) in [7, 11) is 1.37. The Bertz CT molecular complexity index is 771. The molecule has 124 valence electrons. The second-order valence-electron chi connectivity index (χ2n) is 6.79. The fourth-order valence-corrected chi connectivity index (χ4v) is 2.56. The number of carbonyl (C=O) groups is 1. The van der Waals surface area contributed by atoms with Crippen LogP contribution in [0.5, 0.6) is 0 Å². The summed E-state index contributed by atoms with van der Waals surface area (Å²) in [6.07, 6.45) is 0. The van der Waals surface area contributed by atoms with Crippen molar-refractivity contribution >= 4 is 16.9 Å². The van der Waals surface area contributed by atoms with E-state index in [1.54, 1.807) is 0 Å². The van der Waals surface area contributed by atoms with Crippen molar-refractivity contribution in [2.75, 3.05) is 7.11 Å². The van der Waals surface area contributed by atoms with E-state index in [-0.39, 0.29) is 11.4 Å². The Morgan fingerprint density at radius 1 is 1.30 bits per heavy atom. The van der Waals surface area contributed by atoms with Gasteiger partial charge in [0, 0.05) is 18.0 Å². The molecular formula is C18H23NO4. The molecular weight excluding hydrogens is 294 g/mol. The van der Waals surface area contributed by atoms with E-state index in [1.807, 2.05) is 45.9 Å². The largest absolute Gasteiger partial charge is 0.468 e. The van der Waals surface area contributed by atoms with Gasteiger partial charge in [-0.1, -0.05) is 32.9 Å². The van der Waals surface area contributed by atoms with E-state index in [2.05, 4.69) is 5.32 Å². The molecule has 0 aliphatic rings. The van der Waals surface area contributed by atoms with Crippen LogP contribution in [0, 0.1) is 12.3 Å². The van der Waals surface area contributed by atoms with Gasteiger partial charge in [0.25, 0.3) is 0 Å². The van der Waals surface area contributed by atoms with Gasteiger partial charge in [0.15, 0.2) is 0 Å². The van der Waals surface area contributed by atoms with Crippen molar-refractivity contribution in [3.05, 3.63) is 45.8 Å². The molecule has 0 spiro atoms. The molecule has 23 heavy (non-hydrogen) atoms. The molecule has 0 bridgehead atoms. The Labute approximate surface area is 135 Å². The smallest absolute Gasteiger partial charge is 0.336 e. The lowest BCUT2D eigenvalue weighted by Crippen LogP contribution is -2.46. The van der Waals surface area contributed by atoms with Gasteiger partial charge >= 0.3 is 11.6 Å². The molecule has 1 heterocycles. The maximum absolute atomic E-state index is 12.0. The molecule has 0 aliphatic heterocycles. The highest BCUT2D eigenvalue weighted by atomic mass is 16.5. The number of nitrogens with one attached hydrogen (secondary N) is 1. The topological polar surface area (TPSA) is 68.5 Å². The molecule has 0 saturated heterocycles. The summed E-state index contributed by atoms with van der Waals surface area (Å²) in [6.45, 7) is 8.20. The Kier molecular flexibility index (Phi) is 4.90. The van der Waals surface area contributed by atoms with E-state index >= 15 is 0 Å². The second-order valence-corrected chi connectivity index (χ2v) is 6.79. The maximum atomic E-state index is 12.0. The van der Waals surface area contributed by atoms with Crippen LogP contribution in [0.2, 0.25) is 0 Å². The number of methoxy groups -OCH3 is 1. The number of carbonyl (C=O) groups excluding carboxylic acids is 1. The number of hydrogen-bond acceptors (Lipinski definition) is 5. The molecule has 0 unspecified atom stereocenters. The second kappa shape index (κ2) is 6.54. The quantitative estimate of drug-likeness (QED) is 0.693. The van der Waals surface area contributed by atoms with Crippen LogP contribution in [0.25, 0.3) is 11.0 Å². The molecule has 2 rings (SSSR count). The first-order valence-electron chi connectivity index (χ1n) is 7.57. The number of benzene rings is 1. The number of fused-ring (bicyclic) bond motifs is 1. The monoisotopic (exact) mass is 317 g/mol. The van der Waals surface area contributed by atoms with Gasteiger partial charge in [-0.3, -0.25) is 10.1 Å². The fourth-order valence-electron chi connectivity index (χ4n) is 2.56. The zero-order valence-electron chi connectivity index (χ0n) is 14.2. The van der Waals surface area contributed by atoms with Crippen LogP contribution in [-0.4, -0.2) is 19.1 Å². The van der Waals surface area contributed by atoms with Gasteiger partial charge in [-0.05, 0) is 29.5 Å². The highest BCUT2D eigenvalue weighted by Crippen LogP contribution is 2.22. The molecule has 1 N–H and O–H groups in total. The minimum Gasteiger partial charge on any atom is -0.468 e.